The number of likely N-dealkylation sites (tertiary alicyclic amines) is 2. The lowest BCUT2D eigenvalue weighted by molar-refractivity contribution is 0.00329. The van der Waals surface area contributed by atoms with Crippen LogP contribution < -0.4 is 0 Å². The van der Waals surface area contributed by atoms with Crippen LogP contribution in [0, 0.1) is 5.92 Å². The van der Waals surface area contributed by atoms with Gasteiger partial charge in [0, 0.05) is 12.6 Å². The minimum Gasteiger partial charge on any atom is -0.394 e. The van der Waals surface area contributed by atoms with Crippen LogP contribution in [0.3, 0.4) is 0 Å². The van der Waals surface area contributed by atoms with E-state index in [0.717, 1.165) is 32.5 Å². The van der Waals surface area contributed by atoms with Crippen LogP contribution in [0.25, 0.3) is 0 Å². The summed E-state index contributed by atoms with van der Waals surface area (Å²) >= 11 is 0. The molecule has 1 atom stereocenters. The van der Waals surface area contributed by atoms with Gasteiger partial charge in [-0.05, 0) is 63.3 Å². The molecule has 0 spiro atoms. The van der Waals surface area contributed by atoms with Crippen molar-refractivity contribution in [3.63, 3.8) is 0 Å². The quantitative estimate of drug-likeness (QED) is 0.868. The van der Waals surface area contributed by atoms with E-state index < -0.39 is 6.10 Å². The van der Waals surface area contributed by atoms with E-state index in [2.05, 4.69) is 40.1 Å². The van der Waals surface area contributed by atoms with Crippen molar-refractivity contribution in [1.29, 1.82) is 0 Å². The molecule has 2 aliphatic heterocycles. The van der Waals surface area contributed by atoms with Crippen molar-refractivity contribution in [2.45, 2.75) is 44.4 Å². The van der Waals surface area contributed by atoms with Gasteiger partial charge in [0.05, 0.1) is 12.7 Å². The molecular formula is C19H30N2O2. The second kappa shape index (κ2) is 8.25. The molecular weight excluding hydrogens is 288 g/mol. The summed E-state index contributed by atoms with van der Waals surface area (Å²) in [6.07, 6.45) is 4.02. The molecule has 4 heteroatoms. The van der Waals surface area contributed by atoms with Gasteiger partial charge in [0.25, 0.3) is 0 Å². The lowest BCUT2D eigenvalue weighted by Crippen LogP contribution is -2.48. The molecule has 1 aromatic carbocycles. The lowest BCUT2D eigenvalue weighted by Gasteiger charge is -2.42. The summed E-state index contributed by atoms with van der Waals surface area (Å²) in [4.78, 5) is 5.18. The maximum absolute atomic E-state index is 9.78. The average molecular weight is 318 g/mol. The van der Waals surface area contributed by atoms with Gasteiger partial charge in [0.15, 0.2) is 0 Å². The third-order valence-electron chi connectivity index (χ3n) is 5.63. The Hall–Kier alpha value is -0.940. The van der Waals surface area contributed by atoms with Gasteiger partial charge >= 0.3 is 0 Å². The zero-order valence-corrected chi connectivity index (χ0v) is 14.0. The summed E-state index contributed by atoms with van der Waals surface area (Å²) in [5.74, 6) is 0.286. The Labute approximate surface area is 139 Å². The van der Waals surface area contributed by atoms with Gasteiger partial charge in [-0.25, -0.2) is 0 Å². The molecule has 0 amide bonds. The molecule has 23 heavy (non-hydrogen) atoms. The summed E-state index contributed by atoms with van der Waals surface area (Å²) < 4.78 is 0. The molecule has 2 N–H and O–H groups in total. The van der Waals surface area contributed by atoms with Gasteiger partial charge in [-0.15, -0.1) is 0 Å². The molecule has 3 rings (SSSR count). The van der Waals surface area contributed by atoms with E-state index in [0.29, 0.717) is 6.04 Å². The first-order valence-corrected chi connectivity index (χ1v) is 9.05. The SMILES string of the molecule is OCC(O)C1CCN(C2CCN(Cc3ccccc3)CC2)CC1. The second-order valence-corrected chi connectivity index (χ2v) is 7.12. The van der Waals surface area contributed by atoms with Crippen molar-refractivity contribution in [2.24, 2.45) is 5.92 Å². The van der Waals surface area contributed by atoms with Crippen LogP contribution in [0.5, 0.6) is 0 Å². The summed E-state index contributed by atoms with van der Waals surface area (Å²) in [5, 5.41) is 18.9. The molecule has 0 saturated carbocycles. The summed E-state index contributed by atoms with van der Waals surface area (Å²) in [7, 11) is 0. The maximum atomic E-state index is 9.78. The van der Waals surface area contributed by atoms with Gasteiger partial charge in [-0.2, -0.15) is 0 Å². The van der Waals surface area contributed by atoms with Gasteiger partial charge in [-0.3, -0.25) is 4.90 Å². The Morgan fingerprint density at radius 2 is 1.61 bits per heavy atom. The fraction of sp³-hybridized carbons (Fsp3) is 0.684. The third-order valence-corrected chi connectivity index (χ3v) is 5.63. The number of piperidine rings is 2. The number of nitrogens with zero attached hydrogens (tertiary/aromatic N) is 2. The molecule has 0 radical (unpaired) electrons. The van der Waals surface area contributed by atoms with Crippen LogP contribution in [0.2, 0.25) is 0 Å². The largest absolute Gasteiger partial charge is 0.394 e. The van der Waals surface area contributed by atoms with Crippen LogP contribution >= 0.6 is 0 Å². The minimum atomic E-state index is -0.523. The van der Waals surface area contributed by atoms with Crippen molar-refractivity contribution in [3.05, 3.63) is 35.9 Å². The smallest absolute Gasteiger partial charge is 0.0799 e. The Bertz CT molecular complexity index is 452. The van der Waals surface area contributed by atoms with E-state index in [1.54, 1.807) is 0 Å². The molecule has 2 heterocycles. The van der Waals surface area contributed by atoms with E-state index in [9.17, 15) is 5.11 Å². The average Bonchev–Trinajstić information content (AvgIpc) is 2.63. The zero-order valence-electron chi connectivity index (χ0n) is 14.0. The first-order valence-electron chi connectivity index (χ1n) is 9.05. The predicted molar refractivity (Wildman–Crippen MR) is 92.1 cm³/mol. The number of aliphatic hydroxyl groups excluding tert-OH is 2. The van der Waals surface area contributed by atoms with Crippen molar-refractivity contribution in [1.82, 2.24) is 9.80 Å². The van der Waals surface area contributed by atoms with E-state index >= 15 is 0 Å². The Morgan fingerprint density at radius 1 is 0.957 bits per heavy atom. The molecule has 0 aliphatic carbocycles. The van der Waals surface area contributed by atoms with Crippen LogP contribution in [0.15, 0.2) is 30.3 Å². The van der Waals surface area contributed by atoms with Gasteiger partial charge in [-0.1, -0.05) is 30.3 Å². The highest BCUT2D eigenvalue weighted by molar-refractivity contribution is 5.14. The van der Waals surface area contributed by atoms with Crippen molar-refractivity contribution in [2.75, 3.05) is 32.8 Å². The normalized spacial score (nSPS) is 23.9. The molecule has 2 aliphatic rings. The molecule has 128 valence electrons. The molecule has 2 fully saturated rings. The summed E-state index contributed by atoms with van der Waals surface area (Å²) in [6, 6.07) is 11.4. The first kappa shape index (κ1) is 16.9. The summed E-state index contributed by atoms with van der Waals surface area (Å²) in [5.41, 5.74) is 1.41. The van der Waals surface area contributed by atoms with Crippen molar-refractivity contribution >= 4 is 0 Å². The highest BCUT2D eigenvalue weighted by atomic mass is 16.3. The van der Waals surface area contributed by atoms with Crippen LogP contribution in [-0.4, -0.2) is 64.9 Å². The molecule has 1 aromatic rings. The molecule has 0 aromatic heterocycles. The van der Waals surface area contributed by atoms with Crippen LogP contribution in [0.4, 0.5) is 0 Å². The van der Waals surface area contributed by atoms with Gasteiger partial charge in [0.1, 0.15) is 0 Å². The Kier molecular flexibility index (Phi) is 6.06. The maximum Gasteiger partial charge on any atom is 0.0799 e. The summed E-state index contributed by atoms with van der Waals surface area (Å²) in [6.45, 7) is 5.48. The molecule has 1 unspecified atom stereocenters. The Morgan fingerprint density at radius 3 is 2.22 bits per heavy atom. The van der Waals surface area contributed by atoms with Crippen LogP contribution in [-0.2, 0) is 6.54 Å². The van der Waals surface area contributed by atoms with Crippen molar-refractivity contribution < 1.29 is 10.2 Å². The molecule has 4 nitrogen and oxygen atoms in total. The van der Waals surface area contributed by atoms with Crippen LogP contribution in [0.1, 0.15) is 31.2 Å². The number of hydrogen-bond acceptors (Lipinski definition) is 4. The minimum absolute atomic E-state index is 0.0947. The lowest BCUT2D eigenvalue weighted by atomic mass is 9.89. The third kappa shape index (κ3) is 4.54. The van der Waals surface area contributed by atoms with E-state index in [1.165, 1.54) is 31.5 Å². The fourth-order valence-electron chi connectivity index (χ4n) is 4.10. The Balaban J connectivity index is 1.41. The standard InChI is InChI=1S/C19H30N2O2/c22-15-19(23)17-6-12-21(13-7-17)18-8-10-20(11-9-18)14-16-4-2-1-3-5-16/h1-5,17-19,22-23H,6-15H2. The van der Waals surface area contributed by atoms with E-state index in [1.807, 2.05) is 0 Å². The highest BCUT2D eigenvalue weighted by Gasteiger charge is 2.30. The zero-order chi connectivity index (χ0) is 16.1. The number of aliphatic hydroxyl groups is 2. The molecule has 2 saturated heterocycles. The van der Waals surface area contributed by atoms with Gasteiger partial charge in [0.2, 0.25) is 0 Å². The number of benzene rings is 1. The number of rotatable bonds is 5. The predicted octanol–water partition coefficient (Wildman–Crippen LogP) is 1.72. The van der Waals surface area contributed by atoms with Gasteiger partial charge < -0.3 is 15.1 Å². The number of hydrogen-bond donors (Lipinski definition) is 2. The topological polar surface area (TPSA) is 46.9 Å². The highest BCUT2D eigenvalue weighted by Crippen LogP contribution is 2.26. The fourth-order valence-corrected chi connectivity index (χ4v) is 4.10. The first-order chi connectivity index (χ1) is 11.3. The second-order valence-electron chi connectivity index (χ2n) is 7.12. The van der Waals surface area contributed by atoms with Crippen molar-refractivity contribution in [3.8, 4) is 0 Å². The van der Waals surface area contributed by atoms with E-state index in [-0.39, 0.29) is 12.5 Å². The monoisotopic (exact) mass is 318 g/mol. The molecule has 0 bridgehead atoms. The van der Waals surface area contributed by atoms with E-state index in [4.69, 9.17) is 5.11 Å².